The Morgan fingerprint density at radius 3 is 2.64 bits per heavy atom. The third kappa shape index (κ3) is 2.27. The van der Waals surface area contributed by atoms with E-state index in [1.807, 2.05) is 18.7 Å². The van der Waals surface area contributed by atoms with Gasteiger partial charge in [-0.25, -0.2) is 0 Å². The van der Waals surface area contributed by atoms with Gasteiger partial charge in [0.05, 0.1) is 0 Å². The number of amides is 1. The van der Waals surface area contributed by atoms with Gasteiger partial charge in [0.2, 0.25) is 5.91 Å². The normalized spacial score (nSPS) is 28.2. The Labute approximate surface area is 86.6 Å². The van der Waals surface area contributed by atoms with E-state index in [-0.39, 0.29) is 17.9 Å². The Bertz CT molecular complexity index is 203. The van der Waals surface area contributed by atoms with Crippen LogP contribution < -0.4 is 5.73 Å². The number of nitrogens with zero attached hydrogens (tertiary/aromatic N) is 1. The Kier molecular flexibility index (Phi) is 3.93. The van der Waals surface area contributed by atoms with Crippen molar-refractivity contribution in [2.75, 3.05) is 6.54 Å². The second-order valence-electron chi connectivity index (χ2n) is 4.57. The molecule has 1 fully saturated rings. The van der Waals surface area contributed by atoms with Crippen LogP contribution >= 0.6 is 0 Å². The molecule has 0 spiro atoms. The summed E-state index contributed by atoms with van der Waals surface area (Å²) in [4.78, 5) is 14.0. The fourth-order valence-electron chi connectivity index (χ4n) is 2.21. The number of hydrogen-bond acceptors (Lipinski definition) is 2. The van der Waals surface area contributed by atoms with Gasteiger partial charge in [-0.3, -0.25) is 4.79 Å². The molecule has 3 heteroatoms. The van der Waals surface area contributed by atoms with E-state index in [1.54, 1.807) is 0 Å². The van der Waals surface area contributed by atoms with Crippen molar-refractivity contribution in [3.05, 3.63) is 0 Å². The average molecular weight is 198 g/mol. The van der Waals surface area contributed by atoms with Gasteiger partial charge < -0.3 is 10.6 Å². The highest BCUT2D eigenvalue weighted by molar-refractivity contribution is 5.78. The van der Waals surface area contributed by atoms with Crippen molar-refractivity contribution >= 4 is 5.91 Å². The maximum absolute atomic E-state index is 11.9. The van der Waals surface area contributed by atoms with Crippen molar-refractivity contribution in [3.8, 4) is 0 Å². The summed E-state index contributed by atoms with van der Waals surface area (Å²) in [5.74, 6) is 0.345. The van der Waals surface area contributed by atoms with Gasteiger partial charge in [0.15, 0.2) is 0 Å². The molecule has 2 atom stereocenters. The summed E-state index contributed by atoms with van der Waals surface area (Å²) in [6.07, 6.45) is 3.39. The molecule has 1 aliphatic heterocycles. The van der Waals surface area contributed by atoms with E-state index in [4.69, 9.17) is 5.73 Å². The Morgan fingerprint density at radius 1 is 1.50 bits per heavy atom. The van der Waals surface area contributed by atoms with Crippen molar-refractivity contribution in [1.82, 2.24) is 4.90 Å². The lowest BCUT2D eigenvalue weighted by Gasteiger charge is -2.41. The zero-order valence-electron chi connectivity index (χ0n) is 9.49. The number of nitrogens with two attached hydrogens (primary N) is 1. The fraction of sp³-hybridized carbons (Fsp3) is 0.909. The van der Waals surface area contributed by atoms with Gasteiger partial charge in [-0.15, -0.1) is 0 Å². The highest BCUT2D eigenvalue weighted by Crippen LogP contribution is 2.23. The molecule has 1 saturated heterocycles. The molecule has 2 unspecified atom stereocenters. The second-order valence-corrected chi connectivity index (χ2v) is 4.57. The summed E-state index contributed by atoms with van der Waals surface area (Å²) in [6.45, 7) is 6.64. The average Bonchev–Trinajstić information content (AvgIpc) is 2.16. The zero-order valence-corrected chi connectivity index (χ0v) is 9.49. The first-order valence-corrected chi connectivity index (χ1v) is 5.60. The van der Waals surface area contributed by atoms with E-state index >= 15 is 0 Å². The maximum Gasteiger partial charge on any atom is 0.225 e. The van der Waals surface area contributed by atoms with Gasteiger partial charge >= 0.3 is 0 Å². The fourth-order valence-corrected chi connectivity index (χ4v) is 2.21. The van der Waals surface area contributed by atoms with Gasteiger partial charge in [-0.2, -0.15) is 0 Å². The number of carbonyl (C=O) groups is 1. The molecule has 3 nitrogen and oxygen atoms in total. The molecule has 1 heterocycles. The van der Waals surface area contributed by atoms with Crippen LogP contribution in [0.25, 0.3) is 0 Å². The Hall–Kier alpha value is -0.570. The van der Waals surface area contributed by atoms with Crippen LogP contribution in [-0.2, 0) is 4.79 Å². The lowest BCUT2D eigenvalue weighted by molar-refractivity contribution is -0.140. The molecule has 0 aromatic heterocycles. The summed E-state index contributed by atoms with van der Waals surface area (Å²) in [7, 11) is 0. The van der Waals surface area contributed by atoms with Crippen LogP contribution in [0.3, 0.4) is 0 Å². The second kappa shape index (κ2) is 4.78. The van der Waals surface area contributed by atoms with Crippen LogP contribution in [-0.4, -0.2) is 29.4 Å². The number of rotatable bonds is 2. The first-order chi connectivity index (χ1) is 6.57. The van der Waals surface area contributed by atoms with E-state index < -0.39 is 0 Å². The topological polar surface area (TPSA) is 46.3 Å². The summed E-state index contributed by atoms with van der Waals surface area (Å²) in [5.41, 5.74) is 5.70. The van der Waals surface area contributed by atoms with E-state index in [1.165, 1.54) is 6.42 Å². The zero-order chi connectivity index (χ0) is 10.7. The monoisotopic (exact) mass is 198 g/mol. The third-order valence-corrected chi connectivity index (χ3v) is 3.05. The van der Waals surface area contributed by atoms with E-state index in [2.05, 4.69) is 6.92 Å². The Balaban J connectivity index is 2.73. The molecule has 1 rings (SSSR count). The number of piperidine rings is 1. The SMILES string of the molecule is CC(C)C(=O)N1C(C)CCCC1CN. The molecule has 2 N–H and O–H groups in total. The summed E-state index contributed by atoms with van der Waals surface area (Å²) in [5, 5.41) is 0. The van der Waals surface area contributed by atoms with Crippen molar-refractivity contribution in [3.63, 3.8) is 0 Å². The van der Waals surface area contributed by atoms with Crippen LogP contribution in [0.5, 0.6) is 0 Å². The van der Waals surface area contributed by atoms with Gasteiger partial charge in [0, 0.05) is 24.5 Å². The van der Waals surface area contributed by atoms with Crippen molar-refractivity contribution in [1.29, 1.82) is 0 Å². The molecule has 1 amide bonds. The predicted octanol–water partition coefficient (Wildman–Crippen LogP) is 1.37. The minimum Gasteiger partial charge on any atom is -0.336 e. The molecule has 0 aromatic carbocycles. The third-order valence-electron chi connectivity index (χ3n) is 3.05. The molecule has 1 aliphatic rings. The van der Waals surface area contributed by atoms with Gasteiger partial charge in [-0.1, -0.05) is 13.8 Å². The van der Waals surface area contributed by atoms with E-state index in [0.717, 1.165) is 12.8 Å². The largest absolute Gasteiger partial charge is 0.336 e. The minimum absolute atomic E-state index is 0.0876. The van der Waals surface area contributed by atoms with Gasteiger partial charge in [0.25, 0.3) is 0 Å². The molecule has 0 bridgehead atoms. The van der Waals surface area contributed by atoms with Crippen LogP contribution in [0.4, 0.5) is 0 Å². The van der Waals surface area contributed by atoms with Crippen molar-refractivity contribution in [2.24, 2.45) is 11.7 Å². The highest BCUT2D eigenvalue weighted by Gasteiger charge is 2.31. The summed E-state index contributed by atoms with van der Waals surface area (Å²) >= 11 is 0. The Morgan fingerprint density at radius 2 is 2.14 bits per heavy atom. The molecular weight excluding hydrogens is 176 g/mol. The smallest absolute Gasteiger partial charge is 0.225 e. The molecule has 0 radical (unpaired) electrons. The number of carbonyl (C=O) groups excluding carboxylic acids is 1. The molecule has 0 aromatic rings. The molecule has 0 aliphatic carbocycles. The number of hydrogen-bond donors (Lipinski definition) is 1. The summed E-state index contributed by atoms with van der Waals surface area (Å²) in [6, 6.07) is 0.640. The molecule has 14 heavy (non-hydrogen) atoms. The quantitative estimate of drug-likeness (QED) is 0.728. The first kappa shape index (κ1) is 11.5. The standard InChI is InChI=1S/C11H22N2O/c1-8(2)11(14)13-9(3)5-4-6-10(13)7-12/h8-10H,4-7,12H2,1-3H3. The van der Waals surface area contributed by atoms with Crippen LogP contribution in [0, 0.1) is 5.92 Å². The van der Waals surface area contributed by atoms with E-state index in [9.17, 15) is 4.79 Å². The van der Waals surface area contributed by atoms with Crippen LogP contribution in [0.2, 0.25) is 0 Å². The first-order valence-electron chi connectivity index (χ1n) is 5.60. The van der Waals surface area contributed by atoms with Crippen molar-refractivity contribution < 1.29 is 4.79 Å². The summed E-state index contributed by atoms with van der Waals surface area (Å²) < 4.78 is 0. The van der Waals surface area contributed by atoms with Crippen molar-refractivity contribution in [2.45, 2.75) is 52.1 Å². The minimum atomic E-state index is 0.0876. The molecular formula is C11H22N2O. The van der Waals surface area contributed by atoms with Gasteiger partial charge in [-0.05, 0) is 26.2 Å². The van der Waals surface area contributed by atoms with Gasteiger partial charge in [0.1, 0.15) is 0 Å². The molecule has 0 saturated carbocycles. The lowest BCUT2D eigenvalue weighted by Crippen LogP contribution is -2.53. The van der Waals surface area contributed by atoms with Crippen LogP contribution in [0.15, 0.2) is 0 Å². The predicted molar refractivity (Wildman–Crippen MR) is 57.8 cm³/mol. The van der Waals surface area contributed by atoms with E-state index in [0.29, 0.717) is 12.6 Å². The van der Waals surface area contributed by atoms with Crippen LogP contribution in [0.1, 0.15) is 40.0 Å². The maximum atomic E-state index is 11.9. The lowest BCUT2D eigenvalue weighted by atomic mass is 9.95. The highest BCUT2D eigenvalue weighted by atomic mass is 16.2. The molecule has 82 valence electrons. The number of likely N-dealkylation sites (tertiary alicyclic amines) is 1.